The smallest absolute Gasteiger partial charge is 0.325 e. The van der Waals surface area contributed by atoms with Gasteiger partial charge in [-0.15, -0.1) is 0 Å². The molecule has 0 saturated heterocycles. The van der Waals surface area contributed by atoms with Crippen LogP contribution in [0.1, 0.15) is 24.2 Å². The molecule has 3 aromatic rings. The van der Waals surface area contributed by atoms with Gasteiger partial charge in [0.15, 0.2) is 4.80 Å². The number of amides is 1. The van der Waals surface area contributed by atoms with E-state index in [4.69, 9.17) is 4.74 Å². The summed E-state index contributed by atoms with van der Waals surface area (Å²) in [6.07, 6.45) is 0. The first-order valence-corrected chi connectivity index (χ1v) is 9.98. The van der Waals surface area contributed by atoms with Crippen molar-refractivity contribution in [3.05, 3.63) is 58.9 Å². The van der Waals surface area contributed by atoms with Gasteiger partial charge in [-0.05, 0) is 50.2 Å². The minimum atomic E-state index is -0.388. The third-order valence-corrected chi connectivity index (χ3v) is 5.60. The minimum Gasteiger partial charge on any atom is -0.468 e. The van der Waals surface area contributed by atoms with Gasteiger partial charge in [-0.3, -0.25) is 9.59 Å². The van der Waals surface area contributed by atoms with E-state index in [2.05, 4.69) is 23.7 Å². The molecule has 0 spiro atoms. The fourth-order valence-corrected chi connectivity index (χ4v) is 4.04. The van der Waals surface area contributed by atoms with Crippen LogP contribution in [0.15, 0.2) is 53.5 Å². The largest absolute Gasteiger partial charge is 0.468 e. The first-order chi connectivity index (χ1) is 13.6. The summed E-state index contributed by atoms with van der Waals surface area (Å²) in [5.41, 5.74) is 2.43. The fraction of sp³-hybridized carbons (Fsp3) is 0.286. The van der Waals surface area contributed by atoms with Crippen LogP contribution < -0.4 is 9.70 Å². The van der Waals surface area contributed by atoms with Crippen LogP contribution in [-0.2, 0) is 16.1 Å². The van der Waals surface area contributed by atoms with Crippen LogP contribution in [0.25, 0.3) is 10.2 Å². The van der Waals surface area contributed by atoms with Crippen LogP contribution >= 0.6 is 11.3 Å². The van der Waals surface area contributed by atoms with E-state index in [-0.39, 0.29) is 18.4 Å². The van der Waals surface area contributed by atoms with Crippen molar-refractivity contribution in [2.45, 2.75) is 20.4 Å². The predicted molar refractivity (Wildman–Crippen MR) is 112 cm³/mol. The molecule has 0 radical (unpaired) electrons. The highest BCUT2D eigenvalue weighted by atomic mass is 32.1. The molecule has 1 heterocycles. The number of benzene rings is 2. The molecule has 1 amide bonds. The summed E-state index contributed by atoms with van der Waals surface area (Å²) in [5, 5.41) is 0. The van der Waals surface area contributed by atoms with E-state index in [1.165, 1.54) is 18.4 Å². The highest BCUT2D eigenvalue weighted by Crippen LogP contribution is 2.18. The van der Waals surface area contributed by atoms with Crippen molar-refractivity contribution in [2.75, 3.05) is 25.1 Å². The molecule has 28 heavy (non-hydrogen) atoms. The molecule has 0 unspecified atom stereocenters. The number of aromatic nitrogens is 1. The Morgan fingerprint density at radius 3 is 2.39 bits per heavy atom. The minimum absolute atomic E-state index is 0.00746. The average molecular weight is 398 g/mol. The predicted octanol–water partition coefficient (Wildman–Crippen LogP) is 3.46. The lowest BCUT2D eigenvalue weighted by Gasteiger charge is -2.20. The second-order valence-electron chi connectivity index (χ2n) is 6.15. The van der Waals surface area contributed by atoms with Crippen molar-refractivity contribution in [1.82, 2.24) is 4.57 Å². The second kappa shape index (κ2) is 8.84. The van der Waals surface area contributed by atoms with E-state index in [1.54, 1.807) is 16.7 Å². The standard InChI is InChI=1S/C21H23N3O3S/c1-4-23(5-2)16-12-10-15(11-13-16)20(26)22-21-24(14-19(25)27-3)17-8-6-7-9-18(17)28-21/h6-13H,4-5,14H2,1-3H3. The molecular weight excluding hydrogens is 374 g/mol. The molecule has 0 atom stereocenters. The van der Waals surface area contributed by atoms with Crippen LogP contribution in [-0.4, -0.2) is 36.6 Å². The summed E-state index contributed by atoms with van der Waals surface area (Å²) in [5.74, 6) is -0.725. The number of fused-ring (bicyclic) bond motifs is 1. The molecule has 0 aliphatic carbocycles. The molecule has 7 heteroatoms. The first kappa shape index (κ1) is 19.8. The van der Waals surface area contributed by atoms with Gasteiger partial charge in [-0.1, -0.05) is 23.5 Å². The van der Waals surface area contributed by atoms with Crippen LogP contribution in [0.4, 0.5) is 5.69 Å². The number of hydrogen-bond acceptors (Lipinski definition) is 5. The Kier molecular flexibility index (Phi) is 6.26. The lowest BCUT2D eigenvalue weighted by molar-refractivity contribution is -0.141. The molecule has 1 aromatic heterocycles. The zero-order chi connectivity index (χ0) is 20.1. The average Bonchev–Trinajstić information content (AvgIpc) is 3.06. The van der Waals surface area contributed by atoms with Crippen LogP contribution in [0.3, 0.4) is 0 Å². The van der Waals surface area contributed by atoms with Crippen molar-refractivity contribution in [1.29, 1.82) is 0 Å². The molecule has 0 aliphatic rings. The van der Waals surface area contributed by atoms with Crippen LogP contribution in [0, 0.1) is 0 Å². The zero-order valence-electron chi connectivity index (χ0n) is 16.2. The summed E-state index contributed by atoms with van der Waals surface area (Å²) in [6.45, 7) is 6.01. The summed E-state index contributed by atoms with van der Waals surface area (Å²) >= 11 is 1.37. The normalized spacial score (nSPS) is 11.6. The first-order valence-electron chi connectivity index (χ1n) is 9.16. The van der Waals surface area contributed by atoms with E-state index < -0.39 is 0 Å². The van der Waals surface area contributed by atoms with Gasteiger partial charge in [-0.25, -0.2) is 0 Å². The number of carbonyl (C=O) groups is 2. The molecule has 0 saturated carbocycles. The Hall–Kier alpha value is -2.93. The SMILES string of the molecule is CCN(CC)c1ccc(C(=O)N=c2sc3ccccc3n2CC(=O)OC)cc1. The Morgan fingerprint density at radius 2 is 1.75 bits per heavy atom. The second-order valence-corrected chi connectivity index (χ2v) is 7.16. The van der Waals surface area contributed by atoms with Gasteiger partial charge < -0.3 is 14.2 Å². The van der Waals surface area contributed by atoms with Gasteiger partial charge >= 0.3 is 5.97 Å². The number of thiazole rings is 1. The quantitative estimate of drug-likeness (QED) is 0.598. The number of esters is 1. The van der Waals surface area contributed by atoms with Gasteiger partial charge in [0.05, 0.1) is 17.3 Å². The Labute approximate surface area is 167 Å². The molecule has 3 rings (SSSR count). The van der Waals surface area contributed by atoms with Gasteiger partial charge in [0.1, 0.15) is 6.54 Å². The monoisotopic (exact) mass is 397 g/mol. The van der Waals surface area contributed by atoms with Crippen molar-refractivity contribution in [2.24, 2.45) is 4.99 Å². The lowest BCUT2D eigenvalue weighted by Crippen LogP contribution is -2.22. The number of nitrogens with zero attached hydrogens (tertiary/aromatic N) is 3. The van der Waals surface area contributed by atoms with E-state index in [1.807, 2.05) is 36.4 Å². The molecule has 0 aliphatic heterocycles. The summed E-state index contributed by atoms with van der Waals surface area (Å²) in [4.78, 5) is 31.5. The molecule has 146 valence electrons. The highest BCUT2D eigenvalue weighted by molar-refractivity contribution is 7.16. The number of rotatable bonds is 6. The molecule has 0 fully saturated rings. The Morgan fingerprint density at radius 1 is 1.07 bits per heavy atom. The zero-order valence-corrected chi connectivity index (χ0v) is 17.0. The molecular formula is C21H23N3O3S. The number of anilines is 1. The summed E-state index contributed by atoms with van der Waals surface area (Å²) < 4.78 is 7.46. The van der Waals surface area contributed by atoms with Crippen LogP contribution in [0.2, 0.25) is 0 Å². The summed E-state index contributed by atoms with van der Waals surface area (Å²) in [6, 6.07) is 15.1. The topological polar surface area (TPSA) is 63.9 Å². The molecule has 0 N–H and O–H groups in total. The number of hydrogen-bond donors (Lipinski definition) is 0. The van der Waals surface area contributed by atoms with Crippen LogP contribution in [0.5, 0.6) is 0 Å². The van der Waals surface area contributed by atoms with Crippen molar-refractivity contribution in [3.8, 4) is 0 Å². The van der Waals surface area contributed by atoms with Gasteiger partial charge in [0.2, 0.25) is 0 Å². The molecule has 0 bridgehead atoms. The maximum atomic E-state index is 12.7. The maximum absolute atomic E-state index is 12.7. The van der Waals surface area contributed by atoms with Crippen molar-refractivity contribution >= 4 is 39.1 Å². The van der Waals surface area contributed by atoms with Gasteiger partial charge in [0, 0.05) is 24.3 Å². The van der Waals surface area contributed by atoms with E-state index in [9.17, 15) is 9.59 Å². The molecule has 6 nitrogen and oxygen atoms in total. The number of carbonyl (C=O) groups excluding carboxylic acids is 2. The van der Waals surface area contributed by atoms with E-state index in [0.29, 0.717) is 10.4 Å². The number of ether oxygens (including phenoxy) is 1. The maximum Gasteiger partial charge on any atom is 0.325 e. The number of methoxy groups -OCH3 is 1. The van der Waals surface area contributed by atoms with Gasteiger partial charge in [-0.2, -0.15) is 4.99 Å². The summed E-state index contributed by atoms with van der Waals surface area (Å²) in [7, 11) is 1.34. The third-order valence-electron chi connectivity index (χ3n) is 4.54. The Balaban J connectivity index is 1.98. The van der Waals surface area contributed by atoms with Crippen molar-refractivity contribution in [3.63, 3.8) is 0 Å². The van der Waals surface area contributed by atoms with Gasteiger partial charge in [0.25, 0.3) is 5.91 Å². The number of para-hydroxylation sites is 1. The molecule has 2 aromatic carbocycles. The van der Waals surface area contributed by atoms with E-state index in [0.717, 1.165) is 29.0 Å². The van der Waals surface area contributed by atoms with Crippen molar-refractivity contribution < 1.29 is 14.3 Å². The Bertz CT molecular complexity index is 1050. The highest BCUT2D eigenvalue weighted by Gasteiger charge is 2.12. The third kappa shape index (κ3) is 4.14. The fourth-order valence-electron chi connectivity index (χ4n) is 3.01. The van der Waals surface area contributed by atoms with E-state index >= 15 is 0 Å². The lowest BCUT2D eigenvalue weighted by atomic mass is 10.2.